The number of fused-ring (bicyclic) bond motifs is 1. The molecule has 0 spiro atoms. The van der Waals surface area contributed by atoms with Gasteiger partial charge in [0.2, 0.25) is 0 Å². The molecule has 0 radical (unpaired) electrons. The Morgan fingerprint density at radius 1 is 1.37 bits per heavy atom. The van der Waals surface area contributed by atoms with Crippen LogP contribution < -0.4 is 10.6 Å². The molecular weight excluding hydrogens is 256 g/mol. The van der Waals surface area contributed by atoms with Crippen molar-refractivity contribution in [1.29, 1.82) is 0 Å². The van der Waals surface area contributed by atoms with E-state index in [1.54, 1.807) is 11.3 Å². The molecule has 0 aliphatic rings. The lowest BCUT2D eigenvalue weighted by Crippen LogP contribution is -2.19. The van der Waals surface area contributed by atoms with E-state index in [4.69, 9.17) is 5.73 Å². The van der Waals surface area contributed by atoms with Crippen LogP contribution in [0.1, 0.15) is 11.3 Å². The van der Waals surface area contributed by atoms with E-state index in [0.717, 1.165) is 23.7 Å². The van der Waals surface area contributed by atoms with Gasteiger partial charge >= 0.3 is 0 Å². The topological polar surface area (TPSA) is 46.6 Å². The van der Waals surface area contributed by atoms with Crippen molar-refractivity contribution in [3.8, 4) is 0 Å². The summed E-state index contributed by atoms with van der Waals surface area (Å²) in [6.07, 6.45) is 2.01. The van der Waals surface area contributed by atoms with Gasteiger partial charge in [-0.3, -0.25) is 0 Å². The Labute approximate surface area is 116 Å². The highest BCUT2D eigenvalue weighted by molar-refractivity contribution is 7.07. The molecule has 4 nitrogen and oxygen atoms in total. The minimum Gasteiger partial charge on any atom is -0.354 e. The maximum Gasteiger partial charge on any atom is 0.152 e. The van der Waals surface area contributed by atoms with E-state index in [1.807, 2.05) is 24.4 Å². The molecule has 0 fully saturated rings. The SMILES string of the molecule is CN(Cc1ccsc1)c1nc2ccccn2c1CN. The zero-order chi connectivity index (χ0) is 13.2. The summed E-state index contributed by atoms with van der Waals surface area (Å²) in [5.74, 6) is 0.958. The number of anilines is 1. The van der Waals surface area contributed by atoms with Gasteiger partial charge in [0.25, 0.3) is 0 Å². The van der Waals surface area contributed by atoms with Gasteiger partial charge in [-0.15, -0.1) is 0 Å². The van der Waals surface area contributed by atoms with Crippen LogP contribution in [0.5, 0.6) is 0 Å². The van der Waals surface area contributed by atoms with Crippen molar-refractivity contribution in [1.82, 2.24) is 9.38 Å². The van der Waals surface area contributed by atoms with Crippen LogP contribution in [-0.4, -0.2) is 16.4 Å². The maximum atomic E-state index is 5.89. The first-order chi connectivity index (χ1) is 9.29. The quantitative estimate of drug-likeness (QED) is 0.793. The number of aromatic nitrogens is 2. The van der Waals surface area contributed by atoms with E-state index in [9.17, 15) is 0 Å². The van der Waals surface area contributed by atoms with E-state index < -0.39 is 0 Å². The lowest BCUT2D eigenvalue weighted by Gasteiger charge is -2.17. The van der Waals surface area contributed by atoms with Crippen LogP contribution in [0.2, 0.25) is 0 Å². The largest absolute Gasteiger partial charge is 0.354 e. The van der Waals surface area contributed by atoms with E-state index >= 15 is 0 Å². The van der Waals surface area contributed by atoms with Gasteiger partial charge in [0.05, 0.1) is 5.69 Å². The highest BCUT2D eigenvalue weighted by Gasteiger charge is 2.14. The fourth-order valence-corrected chi connectivity index (χ4v) is 2.92. The summed E-state index contributed by atoms with van der Waals surface area (Å²) >= 11 is 1.71. The van der Waals surface area contributed by atoms with Crippen LogP contribution in [-0.2, 0) is 13.1 Å². The Morgan fingerprint density at radius 2 is 2.26 bits per heavy atom. The molecule has 0 saturated carbocycles. The lowest BCUT2D eigenvalue weighted by molar-refractivity contribution is 0.876. The van der Waals surface area contributed by atoms with Gasteiger partial charge in [-0.25, -0.2) is 4.98 Å². The molecule has 98 valence electrons. The third-order valence-corrected chi connectivity index (χ3v) is 3.89. The predicted octanol–water partition coefficient (Wildman–Crippen LogP) is 2.49. The van der Waals surface area contributed by atoms with Gasteiger partial charge in [-0.2, -0.15) is 11.3 Å². The van der Waals surface area contributed by atoms with Gasteiger partial charge in [0.15, 0.2) is 5.82 Å². The molecule has 0 aliphatic heterocycles. The van der Waals surface area contributed by atoms with E-state index in [2.05, 4.69) is 38.2 Å². The molecule has 0 amide bonds. The summed E-state index contributed by atoms with van der Waals surface area (Å²) in [5, 5.41) is 4.26. The summed E-state index contributed by atoms with van der Waals surface area (Å²) in [6, 6.07) is 8.13. The average molecular weight is 272 g/mol. The summed E-state index contributed by atoms with van der Waals surface area (Å²) in [6.45, 7) is 1.33. The number of hydrogen-bond donors (Lipinski definition) is 1. The van der Waals surface area contributed by atoms with Crippen molar-refractivity contribution in [2.75, 3.05) is 11.9 Å². The molecule has 0 bridgehead atoms. The lowest BCUT2D eigenvalue weighted by atomic mass is 10.3. The summed E-state index contributed by atoms with van der Waals surface area (Å²) < 4.78 is 2.06. The highest BCUT2D eigenvalue weighted by Crippen LogP contribution is 2.22. The number of imidazole rings is 1. The Bertz CT molecular complexity index is 672. The minimum absolute atomic E-state index is 0.481. The number of pyridine rings is 1. The van der Waals surface area contributed by atoms with Gasteiger partial charge in [-0.1, -0.05) is 6.07 Å². The summed E-state index contributed by atoms with van der Waals surface area (Å²) in [5.41, 5.74) is 9.17. The van der Waals surface area contributed by atoms with Crippen molar-refractivity contribution in [3.63, 3.8) is 0 Å². The Kier molecular flexibility index (Phi) is 3.23. The van der Waals surface area contributed by atoms with Crippen molar-refractivity contribution in [2.45, 2.75) is 13.1 Å². The molecular formula is C14H16N4S. The smallest absolute Gasteiger partial charge is 0.152 e. The third kappa shape index (κ3) is 2.22. The molecule has 3 rings (SSSR count). The average Bonchev–Trinajstić information content (AvgIpc) is 3.04. The Morgan fingerprint density at radius 3 is 3.00 bits per heavy atom. The molecule has 0 saturated heterocycles. The van der Waals surface area contributed by atoms with Crippen LogP contribution in [0.3, 0.4) is 0 Å². The van der Waals surface area contributed by atoms with Crippen LogP contribution >= 0.6 is 11.3 Å². The number of hydrogen-bond acceptors (Lipinski definition) is 4. The number of thiophene rings is 1. The van der Waals surface area contributed by atoms with Crippen molar-refractivity contribution >= 4 is 22.8 Å². The molecule has 19 heavy (non-hydrogen) atoms. The molecule has 3 aromatic rings. The number of rotatable bonds is 4. The molecule has 0 atom stereocenters. The van der Waals surface area contributed by atoms with Crippen molar-refractivity contribution < 1.29 is 0 Å². The molecule has 0 aliphatic carbocycles. The van der Waals surface area contributed by atoms with Crippen LogP contribution in [0, 0.1) is 0 Å². The highest BCUT2D eigenvalue weighted by atomic mass is 32.1. The molecule has 0 aromatic carbocycles. The summed E-state index contributed by atoms with van der Waals surface area (Å²) in [7, 11) is 2.05. The first-order valence-corrected chi connectivity index (χ1v) is 7.12. The molecule has 0 unspecified atom stereocenters. The normalized spacial score (nSPS) is 11.1. The zero-order valence-corrected chi connectivity index (χ0v) is 11.6. The molecule has 2 N–H and O–H groups in total. The Hall–Kier alpha value is -1.85. The predicted molar refractivity (Wildman–Crippen MR) is 79.5 cm³/mol. The minimum atomic E-state index is 0.481. The van der Waals surface area contributed by atoms with Crippen molar-refractivity contribution in [3.05, 3.63) is 52.5 Å². The number of nitrogens with zero attached hydrogens (tertiary/aromatic N) is 3. The van der Waals surface area contributed by atoms with E-state index in [0.29, 0.717) is 6.54 Å². The van der Waals surface area contributed by atoms with Gasteiger partial charge in [0.1, 0.15) is 5.65 Å². The fraction of sp³-hybridized carbons (Fsp3) is 0.214. The first-order valence-electron chi connectivity index (χ1n) is 6.18. The molecule has 5 heteroatoms. The van der Waals surface area contributed by atoms with Crippen LogP contribution in [0.25, 0.3) is 5.65 Å². The second-order valence-corrected chi connectivity index (χ2v) is 5.28. The van der Waals surface area contributed by atoms with E-state index in [-0.39, 0.29) is 0 Å². The monoisotopic (exact) mass is 272 g/mol. The Balaban J connectivity index is 1.99. The van der Waals surface area contributed by atoms with Gasteiger partial charge in [-0.05, 0) is 34.5 Å². The zero-order valence-electron chi connectivity index (χ0n) is 10.8. The van der Waals surface area contributed by atoms with Crippen LogP contribution in [0.15, 0.2) is 41.2 Å². The third-order valence-electron chi connectivity index (χ3n) is 3.16. The van der Waals surface area contributed by atoms with Crippen LogP contribution in [0.4, 0.5) is 5.82 Å². The van der Waals surface area contributed by atoms with Gasteiger partial charge in [0, 0.05) is 26.3 Å². The standard InChI is InChI=1S/C14H16N4S/c1-17(9-11-5-7-19-10-11)14-12(8-15)18-6-3-2-4-13(18)16-14/h2-7,10H,8-9,15H2,1H3. The second-order valence-electron chi connectivity index (χ2n) is 4.50. The van der Waals surface area contributed by atoms with Crippen molar-refractivity contribution in [2.24, 2.45) is 5.73 Å². The van der Waals surface area contributed by atoms with Gasteiger partial charge < -0.3 is 15.0 Å². The maximum absolute atomic E-state index is 5.89. The molecule has 3 heterocycles. The van der Waals surface area contributed by atoms with E-state index in [1.165, 1.54) is 5.56 Å². The first kappa shape index (κ1) is 12.2. The fourth-order valence-electron chi connectivity index (χ4n) is 2.26. The number of nitrogens with two attached hydrogens (primary N) is 1. The summed E-state index contributed by atoms with van der Waals surface area (Å²) in [4.78, 5) is 6.83. The molecule has 3 aromatic heterocycles. The second kappa shape index (κ2) is 5.03.